The standard InChI is InChI=1S/C13H8N2O6/c16-11(7-19-10-5-6-20-14-10)21-15-12(17)8-3-1-2-4-9(8)13(15)18/h1-6H,7H2. The summed E-state index contributed by atoms with van der Waals surface area (Å²) in [6.45, 7) is -0.514. The Kier molecular flexibility index (Phi) is 3.11. The van der Waals surface area contributed by atoms with Crippen molar-refractivity contribution >= 4 is 17.8 Å². The van der Waals surface area contributed by atoms with Gasteiger partial charge in [0.05, 0.1) is 11.1 Å². The van der Waals surface area contributed by atoms with E-state index in [1.807, 2.05) is 0 Å². The van der Waals surface area contributed by atoms with E-state index in [4.69, 9.17) is 9.57 Å². The fourth-order valence-corrected chi connectivity index (χ4v) is 1.79. The van der Waals surface area contributed by atoms with Crippen LogP contribution in [0.4, 0.5) is 0 Å². The number of carbonyl (C=O) groups excluding carboxylic acids is 3. The van der Waals surface area contributed by atoms with Crippen LogP contribution in [0.1, 0.15) is 20.7 Å². The normalized spacial score (nSPS) is 13.2. The molecule has 106 valence electrons. The first-order valence-corrected chi connectivity index (χ1v) is 5.88. The van der Waals surface area contributed by atoms with Crippen molar-refractivity contribution in [2.24, 2.45) is 0 Å². The molecule has 0 spiro atoms. The third-order valence-corrected chi connectivity index (χ3v) is 2.70. The van der Waals surface area contributed by atoms with Gasteiger partial charge in [0.2, 0.25) is 0 Å². The molecule has 1 aromatic heterocycles. The molecule has 0 fully saturated rings. The molecular formula is C13H8N2O6. The molecule has 21 heavy (non-hydrogen) atoms. The lowest BCUT2D eigenvalue weighted by molar-refractivity contribution is -0.170. The molecule has 2 amide bonds. The maximum Gasteiger partial charge on any atom is 0.370 e. The topological polar surface area (TPSA) is 98.9 Å². The van der Waals surface area contributed by atoms with Crippen LogP contribution in [0, 0.1) is 0 Å². The van der Waals surface area contributed by atoms with Gasteiger partial charge in [-0.15, -0.1) is 0 Å². The summed E-state index contributed by atoms with van der Waals surface area (Å²) in [5.41, 5.74) is 0.375. The minimum Gasteiger partial charge on any atom is -0.463 e. The van der Waals surface area contributed by atoms with E-state index in [0.717, 1.165) is 0 Å². The predicted molar refractivity (Wildman–Crippen MR) is 65.0 cm³/mol. The number of amides is 2. The van der Waals surface area contributed by atoms with Crippen molar-refractivity contribution in [1.82, 2.24) is 10.2 Å². The summed E-state index contributed by atoms with van der Waals surface area (Å²) in [6, 6.07) is 7.59. The average Bonchev–Trinajstić information content (AvgIpc) is 3.09. The summed E-state index contributed by atoms with van der Waals surface area (Å²) in [6.07, 6.45) is 1.27. The first-order chi connectivity index (χ1) is 10.2. The summed E-state index contributed by atoms with van der Waals surface area (Å²) in [7, 11) is 0. The Balaban J connectivity index is 1.65. The number of aromatic nitrogens is 1. The maximum absolute atomic E-state index is 11.9. The van der Waals surface area contributed by atoms with Crippen molar-refractivity contribution in [3.8, 4) is 5.88 Å². The van der Waals surface area contributed by atoms with Gasteiger partial charge in [-0.05, 0) is 17.3 Å². The van der Waals surface area contributed by atoms with E-state index in [9.17, 15) is 14.4 Å². The van der Waals surface area contributed by atoms with E-state index in [-0.39, 0.29) is 17.0 Å². The van der Waals surface area contributed by atoms with Gasteiger partial charge in [0.25, 0.3) is 17.7 Å². The molecule has 0 N–H and O–H groups in total. The van der Waals surface area contributed by atoms with Crippen LogP contribution < -0.4 is 4.74 Å². The lowest BCUT2D eigenvalue weighted by Crippen LogP contribution is -2.34. The Bertz CT molecular complexity index is 674. The number of benzene rings is 1. The van der Waals surface area contributed by atoms with E-state index in [1.165, 1.54) is 24.5 Å². The van der Waals surface area contributed by atoms with Crippen molar-refractivity contribution < 1.29 is 28.5 Å². The Morgan fingerprint density at radius 2 is 1.81 bits per heavy atom. The van der Waals surface area contributed by atoms with E-state index in [1.54, 1.807) is 12.1 Å². The summed E-state index contributed by atoms with van der Waals surface area (Å²) in [5.74, 6) is -2.20. The van der Waals surface area contributed by atoms with Crippen LogP contribution in [0.5, 0.6) is 5.88 Å². The number of hydrogen-bond acceptors (Lipinski definition) is 7. The molecule has 1 aliphatic heterocycles. The van der Waals surface area contributed by atoms with Gasteiger partial charge in [-0.25, -0.2) is 4.79 Å². The van der Waals surface area contributed by atoms with Gasteiger partial charge in [0.1, 0.15) is 6.26 Å². The molecule has 2 aromatic rings. The van der Waals surface area contributed by atoms with Crippen molar-refractivity contribution in [3.63, 3.8) is 0 Å². The summed E-state index contributed by atoms with van der Waals surface area (Å²) in [4.78, 5) is 40.2. The van der Waals surface area contributed by atoms with Crippen LogP contribution in [-0.2, 0) is 9.63 Å². The highest BCUT2D eigenvalue weighted by Crippen LogP contribution is 2.22. The van der Waals surface area contributed by atoms with Crippen LogP contribution in [0.3, 0.4) is 0 Å². The lowest BCUT2D eigenvalue weighted by Gasteiger charge is -2.12. The molecule has 0 unspecified atom stereocenters. The molecule has 1 aliphatic rings. The van der Waals surface area contributed by atoms with Crippen LogP contribution >= 0.6 is 0 Å². The fourth-order valence-electron chi connectivity index (χ4n) is 1.79. The molecule has 2 heterocycles. The second-order valence-corrected chi connectivity index (χ2v) is 4.04. The van der Waals surface area contributed by atoms with Gasteiger partial charge >= 0.3 is 5.97 Å². The summed E-state index contributed by atoms with van der Waals surface area (Å²) in [5, 5.41) is 3.85. The smallest absolute Gasteiger partial charge is 0.370 e. The highest BCUT2D eigenvalue weighted by Gasteiger charge is 2.38. The number of imide groups is 1. The molecule has 1 aromatic carbocycles. The first-order valence-electron chi connectivity index (χ1n) is 5.88. The monoisotopic (exact) mass is 288 g/mol. The van der Waals surface area contributed by atoms with Crippen LogP contribution in [-0.4, -0.2) is 34.6 Å². The number of hydroxylamine groups is 2. The molecule has 0 atom stereocenters. The number of rotatable bonds is 4. The maximum atomic E-state index is 11.9. The Hall–Kier alpha value is -3.16. The SMILES string of the molecule is O=C(COc1ccon1)ON1C(=O)c2ccccc2C1=O. The third-order valence-electron chi connectivity index (χ3n) is 2.70. The second-order valence-electron chi connectivity index (χ2n) is 4.04. The molecule has 8 nitrogen and oxygen atoms in total. The molecule has 0 radical (unpaired) electrons. The minimum absolute atomic E-state index is 0.0920. The minimum atomic E-state index is -0.910. The summed E-state index contributed by atoms with van der Waals surface area (Å²) < 4.78 is 9.45. The summed E-state index contributed by atoms with van der Waals surface area (Å²) >= 11 is 0. The van der Waals surface area contributed by atoms with E-state index in [0.29, 0.717) is 5.06 Å². The Morgan fingerprint density at radius 3 is 2.38 bits per heavy atom. The Morgan fingerprint density at radius 1 is 1.14 bits per heavy atom. The molecule has 0 aliphatic carbocycles. The zero-order chi connectivity index (χ0) is 14.8. The van der Waals surface area contributed by atoms with Crippen molar-refractivity contribution in [2.45, 2.75) is 0 Å². The van der Waals surface area contributed by atoms with E-state index < -0.39 is 24.4 Å². The zero-order valence-corrected chi connectivity index (χ0v) is 10.5. The largest absolute Gasteiger partial charge is 0.463 e. The number of carbonyl (C=O) groups is 3. The number of nitrogens with zero attached hydrogens (tertiary/aromatic N) is 2. The highest BCUT2D eigenvalue weighted by molar-refractivity contribution is 6.20. The van der Waals surface area contributed by atoms with Gasteiger partial charge in [-0.3, -0.25) is 9.59 Å². The van der Waals surface area contributed by atoms with Crippen molar-refractivity contribution in [1.29, 1.82) is 0 Å². The highest BCUT2D eigenvalue weighted by atomic mass is 16.7. The molecule has 3 rings (SSSR count). The van der Waals surface area contributed by atoms with Gasteiger partial charge in [0, 0.05) is 6.07 Å². The fraction of sp³-hybridized carbons (Fsp3) is 0.0769. The van der Waals surface area contributed by atoms with Crippen LogP contribution in [0.2, 0.25) is 0 Å². The molecule has 8 heteroatoms. The zero-order valence-electron chi connectivity index (χ0n) is 10.5. The molecule has 0 saturated carbocycles. The first kappa shape index (κ1) is 12.9. The van der Waals surface area contributed by atoms with Crippen LogP contribution in [0.25, 0.3) is 0 Å². The average molecular weight is 288 g/mol. The van der Waals surface area contributed by atoms with Crippen molar-refractivity contribution in [2.75, 3.05) is 6.61 Å². The lowest BCUT2D eigenvalue weighted by atomic mass is 10.1. The van der Waals surface area contributed by atoms with Gasteiger partial charge in [-0.1, -0.05) is 17.2 Å². The molecule has 0 saturated heterocycles. The number of hydrogen-bond donors (Lipinski definition) is 0. The van der Waals surface area contributed by atoms with Crippen molar-refractivity contribution in [3.05, 3.63) is 47.7 Å². The number of fused-ring (bicyclic) bond motifs is 1. The predicted octanol–water partition coefficient (Wildman–Crippen LogP) is 0.808. The van der Waals surface area contributed by atoms with Crippen LogP contribution in [0.15, 0.2) is 41.1 Å². The third kappa shape index (κ3) is 2.34. The number of ether oxygens (including phenoxy) is 1. The van der Waals surface area contributed by atoms with Gasteiger partial charge in [-0.2, -0.15) is 0 Å². The van der Waals surface area contributed by atoms with E-state index in [2.05, 4.69) is 9.68 Å². The molecule has 0 bridgehead atoms. The second kappa shape index (κ2) is 5.08. The van der Waals surface area contributed by atoms with Gasteiger partial charge < -0.3 is 14.1 Å². The Labute approximate surface area is 117 Å². The van der Waals surface area contributed by atoms with E-state index >= 15 is 0 Å². The quantitative estimate of drug-likeness (QED) is 0.767. The molecular weight excluding hydrogens is 280 g/mol. The van der Waals surface area contributed by atoms with Gasteiger partial charge in [0.15, 0.2) is 6.61 Å².